The Morgan fingerprint density at radius 3 is 3.05 bits per heavy atom. The van der Waals surface area contributed by atoms with Crippen molar-refractivity contribution in [1.29, 1.82) is 0 Å². The van der Waals surface area contributed by atoms with Crippen LogP contribution in [0.4, 0.5) is 5.69 Å². The summed E-state index contributed by atoms with van der Waals surface area (Å²) in [5.74, 6) is -0.727. The van der Waals surface area contributed by atoms with Crippen molar-refractivity contribution in [3.05, 3.63) is 28.7 Å². The van der Waals surface area contributed by atoms with Gasteiger partial charge in [0, 0.05) is 41.8 Å². The molecule has 2 rings (SSSR count). The van der Waals surface area contributed by atoms with Gasteiger partial charge < -0.3 is 15.3 Å². The van der Waals surface area contributed by atoms with Crippen molar-refractivity contribution in [3.63, 3.8) is 0 Å². The van der Waals surface area contributed by atoms with Crippen LogP contribution in [0.25, 0.3) is 0 Å². The molecule has 0 amide bonds. The molecule has 2 atom stereocenters. The van der Waals surface area contributed by atoms with Gasteiger partial charge in [-0.25, -0.2) is 0 Å². The zero-order chi connectivity index (χ0) is 13.8. The monoisotopic (exact) mass is 326 g/mol. The van der Waals surface area contributed by atoms with Gasteiger partial charge in [0.25, 0.3) is 0 Å². The maximum atomic E-state index is 10.7. The number of nitrogens with zero attached hydrogens (tertiary/aromatic N) is 1. The lowest BCUT2D eigenvalue weighted by atomic mass is 10.0. The standard InChI is InChI=1S/C14H19BrN2O2/c1-10-8-16-12(5-6-14(18)19)9-17(10)13-4-2-3-11(15)7-13/h2-4,7,10,12,16H,5-6,8-9H2,1H3,(H,18,19). The summed E-state index contributed by atoms with van der Waals surface area (Å²) in [6, 6.07) is 8.90. The summed E-state index contributed by atoms with van der Waals surface area (Å²) >= 11 is 3.49. The molecule has 1 aromatic rings. The van der Waals surface area contributed by atoms with Crippen molar-refractivity contribution < 1.29 is 9.90 Å². The van der Waals surface area contributed by atoms with Gasteiger partial charge in [-0.05, 0) is 31.5 Å². The molecule has 5 heteroatoms. The lowest BCUT2D eigenvalue weighted by Crippen LogP contribution is -2.55. The molecule has 0 radical (unpaired) electrons. The summed E-state index contributed by atoms with van der Waals surface area (Å²) in [4.78, 5) is 13.0. The minimum absolute atomic E-state index is 0.221. The molecule has 1 aromatic carbocycles. The van der Waals surface area contributed by atoms with Gasteiger partial charge in [-0.3, -0.25) is 4.79 Å². The molecule has 1 heterocycles. The number of carbonyl (C=O) groups is 1. The number of aliphatic carboxylic acids is 1. The van der Waals surface area contributed by atoms with Crippen LogP contribution in [0.5, 0.6) is 0 Å². The second kappa shape index (κ2) is 6.39. The van der Waals surface area contributed by atoms with Gasteiger partial charge in [-0.2, -0.15) is 0 Å². The van der Waals surface area contributed by atoms with Gasteiger partial charge >= 0.3 is 5.97 Å². The number of hydrogen-bond donors (Lipinski definition) is 2. The highest BCUT2D eigenvalue weighted by Crippen LogP contribution is 2.24. The maximum Gasteiger partial charge on any atom is 0.303 e. The van der Waals surface area contributed by atoms with Gasteiger partial charge in [0.15, 0.2) is 0 Å². The predicted octanol–water partition coefficient (Wildman–Crippen LogP) is 2.48. The molecule has 1 aliphatic heterocycles. The fraction of sp³-hybridized carbons (Fsp3) is 0.500. The Morgan fingerprint density at radius 2 is 2.37 bits per heavy atom. The van der Waals surface area contributed by atoms with E-state index in [9.17, 15) is 4.79 Å². The number of anilines is 1. The number of halogens is 1. The van der Waals surface area contributed by atoms with E-state index in [1.165, 1.54) is 5.69 Å². The number of hydrogen-bond acceptors (Lipinski definition) is 3. The van der Waals surface area contributed by atoms with E-state index in [-0.39, 0.29) is 12.5 Å². The van der Waals surface area contributed by atoms with Crippen LogP contribution < -0.4 is 10.2 Å². The van der Waals surface area contributed by atoms with Crippen molar-refractivity contribution in [3.8, 4) is 0 Å². The molecule has 0 saturated carbocycles. The number of carboxylic acid groups (broad SMARTS) is 1. The van der Waals surface area contributed by atoms with Crippen LogP contribution in [0.3, 0.4) is 0 Å². The fourth-order valence-corrected chi connectivity index (χ4v) is 2.82. The Balaban J connectivity index is 2.04. The van der Waals surface area contributed by atoms with E-state index in [1.807, 2.05) is 12.1 Å². The molecule has 2 unspecified atom stereocenters. The second-order valence-corrected chi connectivity index (χ2v) is 5.93. The van der Waals surface area contributed by atoms with Crippen molar-refractivity contribution in [2.45, 2.75) is 31.8 Å². The first kappa shape index (κ1) is 14.3. The highest BCUT2D eigenvalue weighted by molar-refractivity contribution is 9.10. The van der Waals surface area contributed by atoms with Crippen molar-refractivity contribution >= 4 is 27.6 Å². The number of piperazine rings is 1. The number of nitrogens with one attached hydrogen (secondary N) is 1. The molecule has 4 nitrogen and oxygen atoms in total. The molecule has 0 spiro atoms. The lowest BCUT2D eigenvalue weighted by Gasteiger charge is -2.40. The molecule has 104 valence electrons. The summed E-state index contributed by atoms with van der Waals surface area (Å²) in [6.45, 7) is 3.92. The van der Waals surface area contributed by atoms with Crippen molar-refractivity contribution in [1.82, 2.24) is 5.32 Å². The zero-order valence-corrected chi connectivity index (χ0v) is 12.6. The van der Waals surface area contributed by atoms with Crippen LogP contribution in [0.2, 0.25) is 0 Å². The molecule has 1 saturated heterocycles. The van der Waals surface area contributed by atoms with E-state index >= 15 is 0 Å². The van der Waals surface area contributed by atoms with Crippen LogP contribution in [-0.2, 0) is 4.79 Å². The Morgan fingerprint density at radius 1 is 1.58 bits per heavy atom. The third kappa shape index (κ3) is 3.94. The second-order valence-electron chi connectivity index (χ2n) is 5.02. The third-order valence-corrected chi connectivity index (χ3v) is 3.99. The molecule has 2 N–H and O–H groups in total. The van der Waals surface area contributed by atoms with Crippen LogP contribution >= 0.6 is 15.9 Å². The minimum Gasteiger partial charge on any atom is -0.481 e. The van der Waals surface area contributed by atoms with E-state index < -0.39 is 5.97 Å². The van der Waals surface area contributed by atoms with Crippen LogP contribution in [0, 0.1) is 0 Å². The Kier molecular flexibility index (Phi) is 4.82. The highest BCUT2D eigenvalue weighted by Gasteiger charge is 2.25. The average Bonchev–Trinajstić information content (AvgIpc) is 2.37. The van der Waals surface area contributed by atoms with E-state index in [2.05, 4.69) is 45.2 Å². The Bertz CT molecular complexity index is 453. The normalized spacial score (nSPS) is 23.4. The number of rotatable bonds is 4. The first-order chi connectivity index (χ1) is 9.06. The summed E-state index contributed by atoms with van der Waals surface area (Å²) in [5.41, 5.74) is 1.18. The minimum atomic E-state index is -0.727. The summed E-state index contributed by atoms with van der Waals surface area (Å²) in [6.07, 6.45) is 0.894. The van der Waals surface area contributed by atoms with Crippen LogP contribution in [0.15, 0.2) is 28.7 Å². The molecule has 19 heavy (non-hydrogen) atoms. The molecule has 0 aliphatic carbocycles. The molecule has 0 aromatic heterocycles. The Hall–Kier alpha value is -1.07. The average molecular weight is 327 g/mol. The lowest BCUT2D eigenvalue weighted by molar-refractivity contribution is -0.137. The van der Waals surface area contributed by atoms with Crippen LogP contribution in [-0.4, -0.2) is 36.2 Å². The summed E-state index contributed by atoms with van der Waals surface area (Å²) in [5, 5.41) is 12.2. The predicted molar refractivity (Wildman–Crippen MR) is 79.6 cm³/mol. The smallest absolute Gasteiger partial charge is 0.303 e. The quantitative estimate of drug-likeness (QED) is 0.892. The first-order valence-electron chi connectivity index (χ1n) is 6.53. The molecule has 1 aliphatic rings. The summed E-state index contributed by atoms with van der Waals surface area (Å²) in [7, 11) is 0. The maximum absolute atomic E-state index is 10.7. The van der Waals surface area contributed by atoms with E-state index in [0.717, 1.165) is 17.6 Å². The topological polar surface area (TPSA) is 52.6 Å². The van der Waals surface area contributed by atoms with Gasteiger partial charge in [-0.15, -0.1) is 0 Å². The SMILES string of the molecule is CC1CNC(CCC(=O)O)CN1c1cccc(Br)c1. The van der Waals surface area contributed by atoms with E-state index in [1.54, 1.807) is 0 Å². The molecular weight excluding hydrogens is 308 g/mol. The number of carboxylic acids is 1. The zero-order valence-electron chi connectivity index (χ0n) is 11.0. The van der Waals surface area contributed by atoms with Crippen molar-refractivity contribution in [2.75, 3.05) is 18.0 Å². The Labute approximate surface area is 121 Å². The molecular formula is C14H19BrN2O2. The van der Waals surface area contributed by atoms with Crippen molar-refractivity contribution in [2.24, 2.45) is 0 Å². The molecule has 0 bridgehead atoms. The van der Waals surface area contributed by atoms with Gasteiger partial charge in [-0.1, -0.05) is 22.0 Å². The van der Waals surface area contributed by atoms with Gasteiger partial charge in [0.05, 0.1) is 0 Å². The van der Waals surface area contributed by atoms with Crippen LogP contribution in [0.1, 0.15) is 19.8 Å². The largest absolute Gasteiger partial charge is 0.481 e. The van der Waals surface area contributed by atoms with Gasteiger partial charge in [0.2, 0.25) is 0 Å². The number of benzene rings is 1. The highest BCUT2D eigenvalue weighted by atomic mass is 79.9. The molecule has 1 fully saturated rings. The third-order valence-electron chi connectivity index (χ3n) is 3.50. The van der Waals surface area contributed by atoms with E-state index in [4.69, 9.17) is 5.11 Å². The fourth-order valence-electron chi connectivity index (χ4n) is 2.44. The van der Waals surface area contributed by atoms with E-state index in [0.29, 0.717) is 12.5 Å². The first-order valence-corrected chi connectivity index (χ1v) is 7.33. The van der Waals surface area contributed by atoms with Gasteiger partial charge in [0.1, 0.15) is 0 Å². The summed E-state index contributed by atoms with van der Waals surface area (Å²) < 4.78 is 1.07.